The highest BCUT2D eigenvalue weighted by molar-refractivity contribution is 4.87. The Bertz CT molecular complexity index is 257. The summed E-state index contributed by atoms with van der Waals surface area (Å²) in [5, 5.41) is 3.26. The third-order valence-electron chi connectivity index (χ3n) is 1.98. The fourth-order valence-corrected chi connectivity index (χ4v) is 1.16. The van der Waals surface area contributed by atoms with Crippen molar-refractivity contribution in [2.24, 2.45) is 0 Å². The second-order valence-electron chi connectivity index (χ2n) is 3.30. The van der Waals surface area contributed by atoms with E-state index in [1.807, 2.05) is 6.07 Å². The van der Waals surface area contributed by atoms with E-state index in [4.69, 9.17) is 9.47 Å². The Hall–Kier alpha value is -1.04. The maximum absolute atomic E-state index is 5.33. The molecule has 1 heterocycles. The summed E-state index contributed by atoms with van der Waals surface area (Å²) in [6.07, 6.45) is 4.48. The molecule has 5 nitrogen and oxygen atoms in total. The quantitative estimate of drug-likeness (QED) is 0.624. The lowest BCUT2D eigenvalue weighted by atomic mass is 10.4. The van der Waals surface area contributed by atoms with Crippen LogP contribution in [-0.4, -0.2) is 43.4 Å². The van der Waals surface area contributed by atoms with E-state index in [9.17, 15) is 0 Å². The molecule has 0 aliphatic carbocycles. The Morgan fingerprint density at radius 2 is 2.00 bits per heavy atom. The van der Waals surface area contributed by atoms with E-state index in [1.165, 1.54) is 0 Å². The molecule has 90 valence electrons. The lowest BCUT2D eigenvalue weighted by molar-refractivity contribution is 0.0694. The molecule has 5 heteroatoms. The predicted octanol–water partition coefficient (Wildman–Crippen LogP) is 0.619. The molecule has 1 rings (SSSR count). The van der Waals surface area contributed by atoms with Crippen molar-refractivity contribution in [3.8, 4) is 0 Å². The summed E-state index contributed by atoms with van der Waals surface area (Å²) < 4.78 is 10.2. The first-order valence-electron chi connectivity index (χ1n) is 5.47. The van der Waals surface area contributed by atoms with Crippen LogP contribution in [0.5, 0.6) is 0 Å². The molecule has 16 heavy (non-hydrogen) atoms. The minimum absolute atomic E-state index is 0.658. The summed E-state index contributed by atoms with van der Waals surface area (Å²) in [5.41, 5.74) is 0. The average Bonchev–Trinajstić information content (AvgIpc) is 2.34. The molecule has 0 saturated carbocycles. The Kier molecular flexibility index (Phi) is 7.49. The molecule has 0 unspecified atom stereocenters. The molecule has 0 aliphatic heterocycles. The molecule has 0 atom stereocenters. The van der Waals surface area contributed by atoms with Crippen LogP contribution in [0.3, 0.4) is 0 Å². The molecule has 0 fully saturated rings. The minimum atomic E-state index is 0.658. The molecule has 0 saturated heterocycles. The van der Waals surface area contributed by atoms with Gasteiger partial charge in [-0.15, -0.1) is 0 Å². The molecule has 0 aromatic carbocycles. The summed E-state index contributed by atoms with van der Waals surface area (Å²) >= 11 is 0. The smallest absolute Gasteiger partial charge is 0.141 e. The highest BCUT2D eigenvalue weighted by Crippen LogP contribution is 1.87. The zero-order chi connectivity index (χ0) is 11.5. The maximum atomic E-state index is 5.33. The van der Waals surface area contributed by atoms with Gasteiger partial charge in [0.1, 0.15) is 5.82 Å². The van der Waals surface area contributed by atoms with Crippen molar-refractivity contribution < 1.29 is 9.47 Å². The van der Waals surface area contributed by atoms with Crippen molar-refractivity contribution in [1.82, 2.24) is 15.3 Å². The van der Waals surface area contributed by atoms with Gasteiger partial charge in [-0.25, -0.2) is 9.97 Å². The van der Waals surface area contributed by atoms with Crippen LogP contribution in [0.15, 0.2) is 18.5 Å². The van der Waals surface area contributed by atoms with Gasteiger partial charge in [0.05, 0.1) is 19.8 Å². The average molecular weight is 225 g/mol. The highest BCUT2D eigenvalue weighted by Gasteiger charge is 1.93. The lowest BCUT2D eigenvalue weighted by Gasteiger charge is -2.04. The number of ether oxygens (including phenoxy) is 2. The van der Waals surface area contributed by atoms with Gasteiger partial charge < -0.3 is 14.8 Å². The second-order valence-corrected chi connectivity index (χ2v) is 3.30. The van der Waals surface area contributed by atoms with Gasteiger partial charge in [-0.2, -0.15) is 0 Å². The molecule has 1 aromatic rings. The van der Waals surface area contributed by atoms with Crippen molar-refractivity contribution in [1.29, 1.82) is 0 Å². The monoisotopic (exact) mass is 225 g/mol. The Morgan fingerprint density at radius 3 is 2.75 bits per heavy atom. The van der Waals surface area contributed by atoms with E-state index >= 15 is 0 Å². The summed E-state index contributed by atoms with van der Waals surface area (Å²) in [5.74, 6) is 0.822. The highest BCUT2D eigenvalue weighted by atomic mass is 16.5. The second kappa shape index (κ2) is 9.21. The maximum Gasteiger partial charge on any atom is 0.141 e. The molecule has 0 spiro atoms. The molecule has 0 bridgehead atoms. The topological polar surface area (TPSA) is 56.3 Å². The van der Waals surface area contributed by atoms with E-state index < -0.39 is 0 Å². The number of hydrogen-bond acceptors (Lipinski definition) is 5. The van der Waals surface area contributed by atoms with Crippen molar-refractivity contribution in [3.05, 3.63) is 24.3 Å². The summed E-state index contributed by atoms with van der Waals surface area (Å²) in [4.78, 5) is 8.23. The van der Waals surface area contributed by atoms with Crippen LogP contribution >= 0.6 is 0 Å². The van der Waals surface area contributed by atoms with Gasteiger partial charge in [-0.05, 0) is 19.0 Å². The van der Waals surface area contributed by atoms with E-state index in [1.54, 1.807) is 19.5 Å². The first-order valence-corrected chi connectivity index (χ1v) is 5.47. The third-order valence-corrected chi connectivity index (χ3v) is 1.98. The zero-order valence-electron chi connectivity index (χ0n) is 9.69. The van der Waals surface area contributed by atoms with Crippen LogP contribution in [0.2, 0.25) is 0 Å². The number of hydrogen-bond donors (Lipinski definition) is 1. The zero-order valence-corrected chi connectivity index (χ0v) is 9.69. The van der Waals surface area contributed by atoms with Crippen molar-refractivity contribution in [2.45, 2.75) is 13.0 Å². The van der Waals surface area contributed by atoms with E-state index in [0.717, 1.165) is 25.4 Å². The molecule has 1 N–H and O–H groups in total. The number of nitrogens with one attached hydrogen (secondary N) is 1. The third kappa shape index (κ3) is 6.44. The van der Waals surface area contributed by atoms with E-state index in [2.05, 4.69) is 15.3 Å². The molecule has 1 aromatic heterocycles. The minimum Gasteiger partial charge on any atom is -0.382 e. The van der Waals surface area contributed by atoms with Gasteiger partial charge in [0.2, 0.25) is 0 Å². The van der Waals surface area contributed by atoms with Crippen molar-refractivity contribution in [2.75, 3.05) is 33.5 Å². The fraction of sp³-hybridized carbons (Fsp3) is 0.636. The van der Waals surface area contributed by atoms with Gasteiger partial charge in [0.25, 0.3) is 0 Å². The lowest BCUT2D eigenvalue weighted by Crippen LogP contribution is -2.18. The molecule has 0 amide bonds. The molecular formula is C11H19N3O2. The van der Waals surface area contributed by atoms with Gasteiger partial charge in [-0.1, -0.05) is 0 Å². The predicted molar refractivity (Wildman–Crippen MR) is 61.1 cm³/mol. The standard InChI is InChI=1S/C11H19N3O2/c1-15-8-9-16-7-3-4-12-10-11-13-5-2-6-14-11/h2,5-6,12H,3-4,7-10H2,1H3. The Balaban J connectivity index is 1.89. The summed E-state index contributed by atoms with van der Waals surface area (Å²) in [7, 11) is 1.67. The van der Waals surface area contributed by atoms with Gasteiger partial charge in [0, 0.05) is 26.1 Å². The number of nitrogens with zero attached hydrogens (tertiary/aromatic N) is 2. The van der Waals surface area contributed by atoms with Crippen molar-refractivity contribution in [3.63, 3.8) is 0 Å². The van der Waals surface area contributed by atoms with Gasteiger partial charge in [-0.3, -0.25) is 0 Å². The van der Waals surface area contributed by atoms with Crippen LogP contribution in [0, 0.1) is 0 Å². The first kappa shape index (κ1) is 13.0. The van der Waals surface area contributed by atoms with E-state index in [0.29, 0.717) is 19.8 Å². The molecular weight excluding hydrogens is 206 g/mol. The van der Waals surface area contributed by atoms with Crippen LogP contribution in [-0.2, 0) is 16.0 Å². The fourth-order valence-electron chi connectivity index (χ4n) is 1.16. The van der Waals surface area contributed by atoms with Crippen LogP contribution in [0.25, 0.3) is 0 Å². The normalized spacial score (nSPS) is 10.6. The summed E-state index contributed by atoms with van der Waals surface area (Å²) in [6.45, 7) is 3.69. The molecule has 0 aliphatic rings. The Labute approximate surface area is 96.2 Å². The first-order chi connectivity index (χ1) is 7.93. The van der Waals surface area contributed by atoms with Gasteiger partial charge >= 0.3 is 0 Å². The number of methoxy groups -OCH3 is 1. The van der Waals surface area contributed by atoms with Gasteiger partial charge in [0.15, 0.2) is 0 Å². The SMILES string of the molecule is COCCOCCCNCc1ncccn1. The summed E-state index contributed by atoms with van der Waals surface area (Å²) in [6, 6.07) is 1.81. The van der Waals surface area contributed by atoms with Crippen LogP contribution in [0.1, 0.15) is 12.2 Å². The molecule has 0 radical (unpaired) electrons. The Morgan fingerprint density at radius 1 is 1.19 bits per heavy atom. The number of rotatable bonds is 9. The largest absolute Gasteiger partial charge is 0.382 e. The van der Waals surface area contributed by atoms with E-state index in [-0.39, 0.29) is 0 Å². The van der Waals surface area contributed by atoms with Crippen LogP contribution in [0.4, 0.5) is 0 Å². The van der Waals surface area contributed by atoms with Crippen molar-refractivity contribution >= 4 is 0 Å². The van der Waals surface area contributed by atoms with Crippen LogP contribution < -0.4 is 5.32 Å². The number of aromatic nitrogens is 2.